The number of anilines is 1. The summed E-state index contributed by atoms with van der Waals surface area (Å²) in [5.41, 5.74) is 1.18. The molecule has 0 spiro atoms. The molecule has 14 heavy (non-hydrogen) atoms. The van der Waals surface area contributed by atoms with Gasteiger partial charge in [-0.1, -0.05) is 0 Å². The van der Waals surface area contributed by atoms with Gasteiger partial charge >= 0.3 is 0 Å². The van der Waals surface area contributed by atoms with E-state index in [9.17, 15) is 0 Å². The maximum Gasteiger partial charge on any atom is 0.0747 e. The lowest BCUT2D eigenvalue weighted by molar-refractivity contribution is 0.343. The predicted octanol–water partition coefficient (Wildman–Crippen LogP) is 0.874. The number of aromatic nitrogens is 2. The molecule has 1 aromatic rings. The van der Waals surface area contributed by atoms with Crippen LogP contribution in [0.5, 0.6) is 0 Å². The molecule has 0 unspecified atom stereocenters. The van der Waals surface area contributed by atoms with E-state index < -0.39 is 0 Å². The number of hydrogen-bond acceptors (Lipinski definition) is 3. The Kier molecular flexibility index (Phi) is 2.72. The zero-order valence-corrected chi connectivity index (χ0v) is 8.90. The van der Waals surface area contributed by atoms with Crippen molar-refractivity contribution >= 4 is 5.69 Å². The Hall–Kier alpha value is -1.03. The maximum atomic E-state index is 4.41. The van der Waals surface area contributed by atoms with Crippen LogP contribution in [-0.4, -0.2) is 37.0 Å². The minimum absolute atomic E-state index is 0.588. The molecular weight excluding hydrogens is 176 g/mol. The third-order valence-corrected chi connectivity index (χ3v) is 2.79. The van der Waals surface area contributed by atoms with Gasteiger partial charge in [0.15, 0.2) is 0 Å². The minimum Gasteiger partial charge on any atom is -0.375 e. The van der Waals surface area contributed by atoms with Crippen LogP contribution < -0.4 is 10.2 Å². The van der Waals surface area contributed by atoms with E-state index in [0.29, 0.717) is 6.04 Å². The molecule has 4 heteroatoms. The summed E-state index contributed by atoms with van der Waals surface area (Å²) in [6, 6.07) is 0.588. The van der Waals surface area contributed by atoms with Crippen molar-refractivity contribution < 1.29 is 0 Å². The lowest BCUT2D eigenvalue weighted by Crippen LogP contribution is -2.29. The van der Waals surface area contributed by atoms with Crippen LogP contribution in [0.3, 0.4) is 0 Å². The number of nitrogens with one attached hydrogen (secondary N) is 1. The lowest BCUT2D eigenvalue weighted by atomic mass is 10.1. The molecular formula is C10H18N4. The van der Waals surface area contributed by atoms with Gasteiger partial charge in [-0.15, -0.1) is 0 Å². The second-order valence-electron chi connectivity index (χ2n) is 4.05. The van der Waals surface area contributed by atoms with E-state index in [0.717, 1.165) is 13.1 Å². The molecule has 2 rings (SSSR count). The van der Waals surface area contributed by atoms with E-state index in [2.05, 4.69) is 26.2 Å². The maximum absolute atomic E-state index is 4.41. The van der Waals surface area contributed by atoms with Gasteiger partial charge in [0.2, 0.25) is 0 Å². The normalized spacial score (nSPS) is 18.4. The first-order valence-electron chi connectivity index (χ1n) is 5.19. The van der Waals surface area contributed by atoms with Crippen LogP contribution in [0.25, 0.3) is 0 Å². The molecule has 0 bridgehead atoms. The van der Waals surface area contributed by atoms with Gasteiger partial charge in [-0.2, -0.15) is 5.10 Å². The van der Waals surface area contributed by atoms with Crippen LogP contribution in [0.2, 0.25) is 0 Å². The zero-order valence-electron chi connectivity index (χ0n) is 8.90. The molecule has 1 saturated heterocycles. The Morgan fingerprint density at radius 3 is 2.71 bits per heavy atom. The van der Waals surface area contributed by atoms with Crippen molar-refractivity contribution in [1.82, 2.24) is 15.1 Å². The summed E-state index contributed by atoms with van der Waals surface area (Å²) in [6.07, 6.45) is 6.45. The SMILES string of the molecule is CN(C)c1cnn(C2CCNCC2)c1. The Labute approximate surface area is 84.9 Å². The first-order chi connectivity index (χ1) is 6.77. The van der Waals surface area contributed by atoms with E-state index in [1.807, 2.05) is 20.3 Å². The first-order valence-corrected chi connectivity index (χ1v) is 5.19. The molecule has 1 fully saturated rings. The quantitative estimate of drug-likeness (QED) is 0.758. The monoisotopic (exact) mass is 194 g/mol. The molecule has 1 aliphatic rings. The summed E-state index contributed by atoms with van der Waals surface area (Å²) >= 11 is 0. The summed E-state index contributed by atoms with van der Waals surface area (Å²) in [4.78, 5) is 2.09. The first kappa shape index (κ1) is 9.52. The van der Waals surface area contributed by atoms with Crippen molar-refractivity contribution in [1.29, 1.82) is 0 Å². The summed E-state index contributed by atoms with van der Waals surface area (Å²) in [6.45, 7) is 2.23. The second kappa shape index (κ2) is 4.00. The van der Waals surface area contributed by atoms with Crippen LogP contribution in [-0.2, 0) is 0 Å². The fourth-order valence-electron chi connectivity index (χ4n) is 1.83. The lowest BCUT2D eigenvalue weighted by Gasteiger charge is -2.22. The highest BCUT2D eigenvalue weighted by Crippen LogP contribution is 2.20. The summed E-state index contributed by atoms with van der Waals surface area (Å²) < 4.78 is 2.11. The smallest absolute Gasteiger partial charge is 0.0747 e. The molecule has 1 N–H and O–H groups in total. The summed E-state index contributed by atoms with van der Waals surface area (Å²) in [5.74, 6) is 0. The van der Waals surface area contributed by atoms with Gasteiger partial charge in [-0.25, -0.2) is 0 Å². The van der Waals surface area contributed by atoms with Gasteiger partial charge in [0.1, 0.15) is 0 Å². The molecule has 0 aliphatic carbocycles. The minimum atomic E-state index is 0.588. The Morgan fingerprint density at radius 1 is 1.43 bits per heavy atom. The summed E-state index contributed by atoms with van der Waals surface area (Å²) in [7, 11) is 4.09. The largest absolute Gasteiger partial charge is 0.375 e. The Morgan fingerprint density at radius 2 is 2.14 bits per heavy atom. The van der Waals surface area contributed by atoms with Crippen molar-refractivity contribution in [3.05, 3.63) is 12.4 Å². The van der Waals surface area contributed by atoms with E-state index in [1.165, 1.54) is 18.5 Å². The average Bonchev–Trinajstić information content (AvgIpc) is 2.68. The third-order valence-electron chi connectivity index (χ3n) is 2.79. The van der Waals surface area contributed by atoms with Gasteiger partial charge in [-0.05, 0) is 25.9 Å². The van der Waals surface area contributed by atoms with E-state index in [1.54, 1.807) is 0 Å². The van der Waals surface area contributed by atoms with Gasteiger partial charge in [0.25, 0.3) is 0 Å². The van der Waals surface area contributed by atoms with Crippen molar-refractivity contribution in [2.75, 3.05) is 32.1 Å². The molecule has 0 amide bonds. The Balaban J connectivity index is 2.07. The molecule has 1 aromatic heterocycles. The van der Waals surface area contributed by atoms with Crippen LogP contribution >= 0.6 is 0 Å². The van der Waals surface area contributed by atoms with Crippen molar-refractivity contribution in [3.8, 4) is 0 Å². The highest BCUT2D eigenvalue weighted by Gasteiger charge is 2.15. The van der Waals surface area contributed by atoms with Crippen LogP contribution in [0.1, 0.15) is 18.9 Å². The molecule has 4 nitrogen and oxygen atoms in total. The van der Waals surface area contributed by atoms with E-state index in [4.69, 9.17) is 0 Å². The topological polar surface area (TPSA) is 33.1 Å². The highest BCUT2D eigenvalue weighted by atomic mass is 15.3. The van der Waals surface area contributed by atoms with E-state index >= 15 is 0 Å². The Bertz CT molecular complexity index is 286. The van der Waals surface area contributed by atoms with Gasteiger partial charge in [0, 0.05) is 20.3 Å². The van der Waals surface area contributed by atoms with Crippen molar-refractivity contribution in [3.63, 3.8) is 0 Å². The van der Waals surface area contributed by atoms with E-state index in [-0.39, 0.29) is 0 Å². The fourth-order valence-corrected chi connectivity index (χ4v) is 1.83. The van der Waals surface area contributed by atoms with Crippen molar-refractivity contribution in [2.24, 2.45) is 0 Å². The predicted molar refractivity (Wildman–Crippen MR) is 57.7 cm³/mol. The highest BCUT2D eigenvalue weighted by molar-refractivity contribution is 5.39. The van der Waals surface area contributed by atoms with Gasteiger partial charge in [-0.3, -0.25) is 4.68 Å². The molecule has 0 aromatic carbocycles. The number of nitrogens with zero attached hydrogens (tertiary/aromatic N) is 3. The fraction of sp³-hybridized carbons (Fsp3) is 0.700. The van der Waals surface area contributed by atoms with Crippen LogP contribution in [0.4, 0.5) is 5.69 Å². The van der Waals surface area contributed by atoms with Gasteiger partial charge in [0.05, 0.1) is 17.9 Å². The van der Waals surface area contributed by atoms with Crippen LogP contribution in [0, 0.1) is 0 Å². The number of rotatable bonds is 2. The molecule has 2 heterocycles. The second-order valence-corrected chi connectivity index (χ2v) is 4.05. The van der Waals surface area contributed by atoms with Crippen molar-refractivity contribution in [2.45, 2.75) is 18.9 Å². The molecule has 0 radical (unpaired) electrons. The van der Waals surface area contributed by atoms with Crippen LogP contribution in [0.15, 0.2) is 12.4 Å². The zero-order chi connectivity index (χ0) is 9.97. The van der Waals surface area contributed by atoms with Gasteiger partial charge < -0.3 is 10.2 Å². The molecule has 78 valence electrons. The number of hydrogen-bond donors (Lipinski definition) is 1. The summed E-state index contributed by atoms with van der Waals surface area (Å²) in [5, 5.41) is 7.77. The molecule has 0 atom stereocenters. The standard InChI is InChI=1S/C10H18N4/c1-13(2)10-7-12-14(8-10)9-3-5-11-6-4-9/h7-9,11H,3-6H2,1-2H3. The molecule has 1 aliphatic heterocycles. The third kappa shape index (κ3) is 1.90. The number of piperidine rings is 1. The molecule has 0 saturated carbocycles. The average molecular weight is 194 g/mol.